The molecular weight excluding hydrogens is 342 g/mol. The maximum atomic E-state index is 12.9. The summed E-state index contributed by atoms with van der Waals surface area (Å²) >= 11 is 3.41. The fraction of sp³-hybridized carbons (Fsp3) is 0.222. The van der Waals surface area contributed by atoms with Crippen LogP contribution in [0.5, 0.6) is 0 Å². The van der Waals surface area contributed by atoms with Gasteiger partial charge in [-0.2, -0.15) is 5.26 Å². The molecule has 3 rings (SSSR count). The lowest BCUT2D eigenvalue weighted by molar-refractivity contribution is 0.0893. The standard InChI is InChI=1S/C18H14BrNO2/c19-16-14(10-20)15(17(21)11-6-2-1-3-7-11)12-8-4-5-9-13(12)18(16)22/h1-9,14-16,18,22H. The lowest BCUT2D eigenvalue weighted by atomic mass is 9.71. The number of fused-ring (bicyclic) bond motifs is 1. The van der Waals surface area contributed by atoms with Crippen molar-refractivity contribution in [2.24, 2.45) is 5.92 Å². The van der Waals surface area contributed by atoms with Crippen LogP contribution < -0.4 is 0 Å². The number of halogens is 1. The van der Waals surface area contributed by atoms with Crippen LogP contribution in [0.2, 0.25) is 0 Å². The third kappa shape index (κ3) is 2.37. The van der Waals surface area contributed by atoms with Crippen molar-refractivity contribution in [2.45, 2.75) is 16.8 Å². The number of ketones is 1. The van der Waals surface area contributed by atoms with Crippen LogP contribution in [-0.4, -0.2) is 15.7 Å². The number of hydrogen-bond donors (Lipinski definition) is 1. The Morgan fingerprint density at radius 1 is 1.05 bits per heavy atom. The molecule has 0 aliphatic heterocycles. The van der Waals surface area contributed by atoms with Crippen molar-refractivity contribution >= 4 is 21.7 Å². The largest absolute Gasteiger partial charge is 0.387 e. The molecule has 110 valence electrons. The Kier molecular flexibility index (Phi) is 4.10. The Hall–Kier alpha value is -1.96. The number of nitriles is 1. The average molecular weight is 356 g/mol. The lowest BCUT2D eigenvalue weighted by Gasteiger charge is -2.35. The number of aliphatic hydroxyl groups is 1. The second-order valence-corrected chi connectivity index (χ2v) is 6.44. The Bertz CT molecular complexity index is 738. The van der Waals surface area contributed by atoms with E-state index in [4.69, 9.17) is 0 Å². The van der Waals surface area contributed by atoms with Gasteiger partial charge in [0.25, 0.3) is 0 Å². The highest BCUT2D eigenvalue weighted by Crippen LogP contribution is 2.45. The Balaban J connectivity index is 2.14. The number of hydrogen-bond acceptors (Lipinski definition) is 3. The summed E-state index contributed by atoms with van der Waals surface area (Å²) in [5, 5.41) is 19.9. The van der Waals surface area contributed by atoms with E-state index in [2.05, 4.69) is 22.0 Å². The molecule has 1 aliphatic carbocycles. The zero-order chi connectivity index (χ0) is 15.7. The van der Waals surface area contributed by atoms with Crippen LogP contribution >= 0.6 is 15.9 Å². The smallest absolute Gasteiger partial charge is 0.171 e. The van der Waals surface area contributed by atoms with E-state index in [1.165, 1.54) is 0 Å². The van der Waals surface area contributed by atoms with Gasteiger partial charge in [-0.25, -0.2) is 0 Å². The number of nitrogens with zero attached hydrogens (tertiary/aromatic N) is 1. The average Bonchev–Trinajstić information content (AvgIpc) is 2.58. The minimum absolute atomic E-state index is 0.0871. The van der Waals surface area contributed by atoms with Crippen molar-refractivity contribution in [3.63, 3.8) is 0 Å². The van der Waals surface area contributed by atoms with Gasteiger partial charge in [-0.15, -0.1) is 0 Å². The van der Waals surface area contributed by atoms with E-state index in [1.807, 2.05) is 42.5 Å². The molecule has 1 N–H and O–H groups in total. The maximum Gasteiger partial charge on any atom is 0.171 e. The summed E-state index contributed by atoms with van der Waals surface area (Å²) in [7, 11) is 0. The Morgan fingerprint density at radius 2 is 1.64 bits per heavy atom. The van der Waals surface area contributed by atoms with E-state index in [9.17, 15) is 15.2 Å². The molecule has 0 fully saturated rings. The number of carbonyl (C=O) groups is 1. The summed E-state index contributed by atoms with van der Waals surface area (Å²) in [5.74, 6) is -1.27. The first-order valence-corrected chi connectivity index (χ1v) is 7.96. The summed E-state index contributed by atoms with van der Waals surface area (Å²) in [6.45, 7) is 0. The molecule has 22 heavy (non-hydrogen) atoms. The van der Waals surface area contributed by atoms with Gasteiger partial charge < -0.3 is 5.11 Å². The molecule has 4 unspecified atom stereocenters. The van der Waals surface area contributed by atoms with Gasteiger partial charge in [-0.05, 0) is 11.1 Å². The van der Waals surface area contributed by atoms with Gasteiger partial charge in [-0.1, -0.05) is 70.5 Å². The van der Waals surface area contributed by atoms with Gasteiger partial charge in [-0.3, -0.25) is 4.79 Å². The normalized spacial score (nSPS) is 26.8. The number of carbonyl (C=O) groups excluding carboxylic acids is 1. The van der Waals surface area contributed by atoms with Gasteiger partial charge in [0.1, 0.15) is 0 Å². The van der Waals surface area contributed by atoms with Gasteiger partial charge >= 0.3 is 0 Å². The van der Waals surface area contributed by atoms with E-state index in [0.29, 0.717) is 11.1 Å². The first-order chi connectivity index (χ1) is 10.6. The molecule has 0 amide bonds. The molecule has 0 spiro atoms. The van der Waals surface area contributed by atoms with Crippen LogP contribution in [0.15, 0.2) is 54.6 Å². The van der Waals surface area contributed by atoms with E-state index >= 15 is 0 Å². The maximum absolute atomic E-state index is 12.9. The van der Waals surface area contributed by atoms with Crippen LogP contribution in [0, 0.1) is 17.2 Å². The zero-order valence-electron chi connectivity index (χ0n) is 11.7. The number of Topliss-reactive ketones (excluding diaryl/α,β-unsaturated/α-hetero) is 1. The third-order valence-electron chi connectivity index (χ3n) is 4.14. The highest BCUT2D eigenvalue weighted by Gasteiger charge is 2.44. The van der Waals surface area contributed by atoms with Crippen LogP contribution in [0.4, 0.5) is 0 Å². The number of aliphatic hydroxyl groups excluding tert-OH is 1. The van der Waals surface area contributed by atoms with E-state index in [0.717, 1.165) is 5.56 Å². The van der Waals surface area contributed by atoms with Gasteiger partial charge in [0.05, 0.1) is 28.8 Å². The molecule has 0 saturated carbocycles. The molecule has 0 saturated heterocycles. The minimum atomic E-state index is -0.791. The molecule has 0 aromatic heterocycles. The van der Waals surface area contributed by atoms with E-state index in [1.54, 1.807) is 12.1 Å². The number of rotatable bonds is 2. The van der Waals surface area contributed by atoms with Crippen molar-refractivity contribution in [2.75, 3.05) is 0 Å². The van der Waals surface area contributed by atoms with Gasteiger partial charge in [0, 0.05) is 5.56 Å². The number of alkyl halides is 1. The van der Waals surface area contributed by atoms with E-state index in [-0.39, 0.29) is 5.78 Å². The van der Waals surface area contributed by atoms with Crippen molar-refractivity contribution in [3.05, 3.63) is 71.3 Å². The van der Waals surface area contributed by atoms with Gasteiger partial charge in [0.15, 0.2) is 5.78 Å². The lowest BCUT2D eigenvalue weighted by Crippen LogP contribution is -2.36. The van der Waals surface area contributed by atoms with Crippen molar-refractivity contribution in [3.8, 4) is 6.07 Å². The molecule has 2 aromatic rings. The fourth-order valence-corrected chi connectivity index (χ4v) is 3.75. The second kappa shape index (κ2) is 6.04. The van der Waals surface area contributed by atoms with Crippen LogP contribution in [0.1, 0.15) is 33.5 Å². The molecule has 0 heterocycles. The monoisotopic (exact) mass is 355 g/mol. The Labute approximate surface area is 137 Å². The first kappa shape index (κ1) is 15.0. The molecule has 0 bridgehead atoms. The first-order valence-electron chi connectivity index (χ1n) is 7.05. The summed E-state index contributed by atoms with van der Waals surface area (Å²) in [4.78, 5) is 12.5. The topological polar surface area (TPSA) is 61.1 Å². The predicted octanol–water partition coefficient (Wildman–Crippen LogP) is 3.60. The zero-order valence-corrected chi connectivity index (χ0v) is 13.3. The quantitative estimate of drug-likeness (QED) is 0.661. The highest BCUT2D eigenvalue weighted by molar-refractivity contribution is 9.09. The molecule has 4 atom stereocenters. The molecule has 1 aliphatic rings. The Morgan fingerprint density at radius 3 is 2.27 bits per heavy atom. The summed E-state index contributed by atoms with van der Waals surface area (Å²) in [6, 6.07) is 18.5. The van der Waals surface area contributed by atoms with Gasteiger partial charge in [0.2, 0.25) is 0 Å². The van der Waals surface area contributed by atoms with E-state index < -0.39 is 22.8 Å². The minimum Gasteiger partial charge on any atom is -0.387 e. The van der Waals surface area contributed by atoms with Crippen molar-refractivity contribution in [1.82, 2.24) is 0 Å². The third-order valence-corrected chi connectivity index (χ3v) is 5.21. The van der Waals surface area contributed by atoms with Crippen molar-refractivity contribution in [1.29, 1.82) is 5.26 Å². The summed E-state index contributed by atoms with van der Waals surface area (Å²) in [6.07, 6.45) is -0.791. The van der Waals surface area contributed by atoms with Crippen LogP contribution in [0.3, 0.4) is 0 Å². The van der Waals surface area contributed by atoms with Crippen LogP contribution in [-0.2, 0) is 0 Å². The molecular formula is C18H14BrNO2. The molecule has 0 radical (unpaired) electrons. The predicted molar refractivity (Wildman–Crippen MR) is 86.7 cm³/mol. The molecule has 4 heteroatoms. The summed E-state index contributed by atoms with van der Waals surface area (Å²) < 4.78 is 0. The SMILES string of the molecule is N#CC1C(C(=O)c2ccccc2)c2ccccc2C(O)C1Br. The summed E-state index contributed by atoms with van der Waals surface area (Å²) in [5.41, 5.74) is 2.04. The van der Waals surface area contributed by atoms with Crippen LogP contribution in [0.25, 0.3) is 0 Å². The fourth-order valence-electron chi connectivity index (χ4n) is 3.04. The highest BCUT2D eigenvalue weighted by atomic mass is 79.9. The molecule has 3 nitrogen and oxygen atoms in total. The second-order valence-electron chi connectivity index (χ2n) is 5.38. The number of benzene rings is 2. The molecule has 2 aromatic carbocycles. The van der Waals surface area contributed by atoms with Crippen molar-refractivity contribution < 1.29 is 9.90 Å².